The molecule has 2 aromatic heterocycles. The first-order valence-corrected chi connectivity index (χ1v) is 8.03. The second kappa shape index (κ2) is 6.84. The first-order valence-electron chi connectivity index (χ1n) is 8.03. The lowest BCUT2D eigenvalue weighted by atomic mass is 10.1. The second-order valence-corrected chi connectivity index (χ2v) is 6.10. The van der Waals surface area contributed by atoms with E-state index in [2.05, 4.69) is 33.6 Å². The van der Waals surface area contributed by atoms with Gasteiger partial charge in [0.1, 0.15) is 12.9 Å². The zero-order valence-corrected chi connectivity index (χ0v) is 14.8. The summed E-state index contributed by atoms with van der Waals surface area (Å²) in [5, 5.41) is 15.5. The van der Waals surface area contributed by atoms with E-state index in [4.69, 9.17) is 0 Å². The molecule has 0 N–H and O–H groups in total. The summed E-state index contributed by atoms with van der Waals surface area (Å²) in [5.74, 6) is -0.0604. The first kappa shape index (κ1) is 16.8. The molecule has 1 amide bonds. The Kier molecular flexibility index (Phi) is 4.60. The van der Waals surface area contributed by atoms with Crippen molar-refractivity contribution in [3.8, 4) is 5.69 Å². The van der Waals surface area contributed by atoms with E-state index in [1.807, 2.05) is 36.7 Å². The maximum absolute atomic E-state index is 12.4. The van der Waals surface area contributed by atoms with Crippen LogP contribution in [0, 0.1) is 20.8 Å². The van der Waals surface area contributed by atoms with Gasteiger partial charge < -0.3 is 4.90 Å². The van der Waals surface area contributed by atoms with Crippen LogP contribution in [0.2, 0.25) is 0 Å². The van der Waals surface area contributed by atoms with Crippen LogP contribution in [0.25, 0.3) is 5.69 Å². The number of aromatic nitrogens is 6. The summed E-state index contributed by atoms with van der Waals surface area (Å²) in [7, 11) is 1.77. The highest BCUT2D eigenvalue weighted by molar-refractivity contribution is 5.75. The molecule has 0 radical (unpaired) electrons. The lowest BCUT2D eigenvalue weighted by molar-refractivity contribution is -0.131. The van der Waals surface area contributed by atoms with E-state index >= 15 is 0 Å². The van der Waals surface area contributed by atoms with Gasteiger partial charge in [0, 0.05) is 24.8 Å². The highest BCUT2D eigenvalue weighted by Gasteiger charge is 2.18. The third kappa shape index (κ3) is 3.42. The van der Waals surface area contributed by atoms with E-state index in [-0.39, 0.29) is 12.5 Å². The van der Waals surface area contributed by atoms with Gasteiger partial charge in [-0.1, -0.05) is 18.2 Å². The van der Waals surface area contributed by atoms with Crippen LogP contribution in [0.15, 0.2) is 30.6 Å². The maximum atomic E-state index is 12.4. The van der Waals surface area contributed by atoms with Crippen LogP contribution in [0.1, 0.15) is 22.5 Å². The fraction of sp³-hybridized carbons (Fsp3) is 0.353. The number of benzene rings is 1. The molecule has 1 aromatic carbocycles. The van der Waals surface area contributed by atoms with Gasteiger partial charge in [-0.3, -0.25) is 4.79 Å². The Balaban J connectivity index is 1.81. The van der Waals surface area contributed by atoms with E-state index in [9.17, 15) is 4.79 Å². The zero-order valence-electron chi connectivity index (χ0n) is 14.8. The van der Waals surface area contributed by atoms with E-state index in [1.165, 1.54) is 11.0 Å². The standard InChI is InChI=1S/C17H21N7O/c1-12-7-5-6-8-16(12)24-14(3)15(13(2)19-24)9-22(4)17(25)10-23-11-18-20-21-23/h5-8,11H,9-10H2,1-4H3. The molecule has 25 heavy (non-hydrogen) atoms. The lowest BCUT2D eigenvalue weighted by Crippen LogP contribution is -2.30. The van der Waals surface area contributed by atoms with Crippen molar-refractivity contribution in [1.82, 2.24) is 34.9 Å². The summed E-state index contributed by atoms with van der Waals surface area (Å²) < 4.78 is 3.36. The number of likely N-dealkylation sites (N-methyl/N-ethyl adjacent to an activating group) is 1. The molecule has 0 bridgehead atoms. The van der Waals surface area contributed by atoms with Crippen molar-refractivity contribution in [2.75, 3.05) is 7.05 Å². The van der Waals surface area contributed by atoms with Crippen LogP contribution in [0.4, 0.5) is 0 Å². The Bertz CT molecular complexity index is 883. The Morgan fingerprint density at radius 2 is 1.96 bits per heavy atom. The minimum atomic E-state index is -0.0604. The minimum Gasteiger partial charge on any atom is -0.340 e. The predicted octanol–water partition coefficient (Wildman–Crippen LogP) is 1.44. The maximum Gasteiger partial charge on any atom is 0.244 e. The van der Waals surface area contributed by atoms with Crippen LogP contribution >= 0.6 is 0 Å². The second-order valence-electron chi connectivity index (χ2n) is 6.10. The number of carbonyl (C=O) groups is 1. The van der Waals surface area contributed by atoms with Crippen LogP contribution < -0.4 is 0 Å². The van der Waals surface area contributed by atoms with Gasteiger partial charge in [-0.25, -0.2) is 9.36 Å². The van der Waals surface area contributed by atoms with Crippen molar-refractivity contribution in [1.29, 1.82) is 0 Å². The Morgan fingerprint density at radius 3 is 2.64 bits per heavy atom. The normalized spacial score (nSPS) is 10.9. The molecule has 0 aliphatic rings. The van der Waals surface area contributed by atoms with Crippen molar-refractivity contribution >= 4 is 5.91 Å². The van der Waals surface area contributed by atoms with Gasteiger partial charge in [0.15, 0.2) is 0 Å². The van der Waals surface area contributed by atoms with Gasteiger partial charge in [-0.2, -0.15) is 5.10 Å². The number of aryl methyl sites for hydroxylation is 2. The molecule has 3 aromatic rings. The van der Waals surface area contributed by atoms with Crippen LogP contribution in [-0.4, -0.2) is 47.8 Å². The SMILES string of the molecule is Cc1ccccc1-n1nc(C)c(CN(C)C(=O)Cn2cnnn2)c1C. The lowest BCUT2D eigenvalue weighted by Gasteiger charge is -2.17. The van der Waals surface area contributed by atoms with Crippen molar-refractivity contribution < 1.29 is 4.79 Å². The van der Waals surface area contributed by atoms with Crippen molar-refractivity contribution in [2.45, 2.75) is 33.9 Å². The summed E-state index contributed by atoms with van der Waals surface area (Å²) in [4.78, 5) is 14.0. The summed E-state index contributed by atoms with van der Waals surface area (Å²) >= 11 is 0. The van der Waals surface area contributed by atoms with Gasteiger partial charge >= 0.3 is 0 Å². The number of nitrogens with zero attached hydrogens (tertiary/aromatic N) is 7. The van der Waals surface area contributed by atoms with E-state index < -0.39 is 0 Å². The molecule has 0 spiro atoms. The number of hydrogen-bond acceptors (Lipinski definition) is 5. The molecule has 0 aliphatic heterocycles. The van der Waals surface area contributed by atoms with E-state index in [0.29, 0.717) is 6.54 Å². The highest BCUT2D eigenvalue weighted by Crippen LogP contribution is 2.21. The highest BCUT2D eigenvalue weighted by atomic mass is 16.2. The number of hydrogen-bond donors (Lipinski definition) is 0. The number of para-hydroxylation sites is 1. The fourth-order valence-corrected chi connectivity index (χ4v) is 2.78. The quantitative estimate of drug-likeness (QED) is 0.702. The van der Waals surface area contributed by atoms with E-state index in [0.717, 1.165) is 28.2 Å². The predicted molar refractivity (Wildman–Crippen MR) is 92.1 cm³/mol. The summed E-state index contributed by atoms with van der Waals surface area (Å²) in [5.41, 5.74) is 5.22. The Labute approximate surface area is 146 Å². The third-order valence-corrected chi connectivity index (χ3v) is 4.29. The summed E-state index contributed by atoms with van der Waals surface area (Å²) in [6.45, 7) is 6.67. The molecule has 0 atom stereocenters. The van der Waals surface area contributed by atoms with Gasteiger partial charge in [0.2, 0.25) is 5.91 Å². The van der Waals surface area contributed by atoms with Crippen LogP contribution in [-0.2, 0) is 17.9 Å². The summed E-state index contributed by atoms with van der Waals surface area (Å²) in [6.07, 6.45) is 1.43. The van der Waals surface area contributed by atoms with Gasteiger partial charge in [-0.05, 0) is 42.8 Å². The van der Waals surface area contributed by atoms with Gasteiger partial charge in [0.25, 0.3) is 0 Å². The number of tetrazole rings is 1. The summed E-state index contributed by atoms with van der Waals surface area (Å²) in [6, 6.07) is 8.12. The topological polar surface area (TPSA) is 81.7 Å². The van der Waals surface area contributed by atoms with E-state index in [1.54, 1.807) is 11.9 Å². The minimum absolute atomic E-state index is 0.0604. The molecule has 0 fully saturated rings. The largest absolute Gasteiger partial charge is 0.340 e. The Hall–Kier alpha value is -3.03. The fourth-order valence-electron chi connectivity index (χ4n) is 2.78. The van der Waals surface area contributed by atoms with Crippen LogP contribution in [0.3, 0.4) is 0 Å². The number of carbonyl (C=O) groups excluding carboxylic acids is 1. The van der Waals surface area contributed by atoms with Crippen molar-refractivity contribution in [3.63, 3.8) is 0 Å². The van der Waals surface area contributed by atoms with Gasteiger partial charge in [0.05, 0.1) is 11.4 Å². The van der Waals surface area contributed by atoms with Crippen LogP contribution in [0.5, 0.6) is 0 Å². The molecular formula is C17H21N7O. The molecule has 3 rings (SSSR count). The first-order chi connectivity index (χ1) is 12.0. The average Bonchev–Trinajstić information content (AvgIpc) is 3.18. The molecule has 8 heteroatoms. The third-order valence-electron chi connectivity index (χ3n) is 4.29. The molecular weight excluding hydrogens is 318 g/mol. The Morgan fingerprint density at radius 1 is 1.20 bits per heavy atom. The number of rotatable bonds is 5. The number of amides is 1. The molecule has 0 unspecified atom stereocenters. The molecule has 2 heterocycles. The van der Waals surface area contributed by atoms with Crippen molar-refractivity contribution in [2.24, 2.45) is 0 Å². The molecule has 130 valence electrons. The van der Waals surface area contributed by atoms with Gasteiger partial charge in [-0.15, -0.1) is 5.10 Å². The molecule has 8 nitrogen and oxygen atoms in total. The van der Waals surface area contributed by atoms with Crippen molar-refractivity contribution in [3.05, 3.63) is 53.1 Å². The monoisotopic (exact) mass is 339 g/mol. The molecule has 0 aliphatic carbocycles. The molecule has 0 saturated heterocycles. The zero-order chi connectivity index (χ0) is 18.0. The molecule has 0 saturated carbocycles. The smallest absolute Gasteiger partial charge is 0.244 e. The average molecular weight is 339 g/mol.